The topological polar surface area (TPSA) is 57.8 Å². The fraction of sp³-hybridized carbons (Fsp3) is 0.111. The van der Waals surface area contributed by atoms with Crippen molar-refractivity contribution in [1.82, 2.24) is 9.36 Å². The predicted molar refractivity (Wildman–Crippen MR) is 56.5 cm³/mol. The Morgan fingerprint density at radius 1 is 1.36 bits per heavy atom. The molecule has 1 aromatic heterocycles. The summed E-state index contributed by atoms with van der Waals surface area (Å²) in [5, 5.41) is 3.68. The van der Waals surface area contributed by atoms with Crippen molar-refractivity contribution in [2.45, 2.75) is 6.54 Å². The van der Waals surface area contributed by atoms with Crippen LogP contribution in [0.4, 0.5) is 5.13 Å². The van der Waals surface area contributed by atoms with Crippen molar-refractivity contribution in [3.8, 4) is 0 Å². The molecule has 5 heteroatoms. The van der Waals surface area contributed by atoms with E-state index in [2.05, 4.69) is 14.7 Å². The number of H-pyrrole nitrogens is 1. The summed E-state index contributed by atoms with van der Waals surface area (Å²) in [4.78, 5) is 14.4. The second-order valence-electron chi connectivity index (χ2n) is 2.77. The van der Waals surface area contributed by atoms with Crippen LogP contribution in [0.3, 0.4) is 0 Å². The maximum atomic E-state index is 10.7. The quantitative estimate of drug-likeness (QED) is 0.800. The van der Waals surface area contributed by atoms with Crippen molar-refractivity contribution in [2.75, 3.05) is 5.32 Å². The van der Waals surface area contributed by atoms with E-state index >= 15 is 0 Å². The predicted octanol–water partition coefficient (Wildman–Crippen LogP) is 1.44. The number of rotatable bonds is 3. The van der Waals surface area contributed by atoms with Gasteiger partial charge in [-0.1, -0.05) is 30.3 Å². The Morgan fingerprint density at radius 3 is 2.79 bits per heavy atom. The SMILES string of the molecule is O=c1nc(NCc2ccccc2)s[nH]1. The number of hydrogen-bond acceptors (Lipinski definition) is 4. The van der Waals surface area contributed by atoms with Gasteiger partial charge >= 0.3 is 5.69 Å². The van der Waals surface area contributed by atoms with Gasteiger partial charge in [-0.15, -0.1) is 0 Å². The molecule has 2 rings (SSSR count). The zero-order chi connectivity index (χ0) is 9.80. The van der Waals surface area contributed by atoms with E-state index < -0.39 is 0 Å². The Balaban J connectivity index is 1.98. The van der Waals surface area contributed by atoms with E-state index in [1.54, 1.807) is 0 Å². The second-order valence-corrected chi connectivity index (χ2v) is 3.56. The molecule has 0 bridgehead atoms. The van der Waals surface area contributed by atoms with E-state index in [0.29, 0.717) is 11.7 Å². The molecule has 0 fully saturated rings. The number of hydrogen-bond donors (Lipinski definition) is 2. The van der Waals surface area contributed by atoms with Crippen molar-refractivity contribution in [3.05, 3.63) is 46.4 Å². The van der Waals surface area contributed by atoms with E-state index in [1.807, 2.05) is 30.3 Å². The van der Waals surface area contributed by atoms with Crippen LogP contribution in [-0.4, -0.2) is 9.36 Å². The molecule has 0 saturated carbocycles. The number of benzene rings is 1. The molecule has 0 radical (unpaired) electrons. The highest BCUT2D eigenvalue weighted by Gasteiger charge is 1.97. The summed E-state index contributed by atoms with van der Waals surface area (Å²) < 4.78 is 2.52. The number of nitrogens with one attached hydrogen (secondary N) is 2. The van der Waals surface area contributed by atoms with Crippen molar-refractivity contribution < 1.29 is 0 Å². The maximum absolute atomic E-state index is 10.7. The third kappa shape index (κ3) is 2.20. The maximum Gasteiger partial charge on any atom is 0.357 e. The Labute approximate surface area is 84.8 Å². The van der Waals surface area contributed by atoms with Crippen LogP contribution in [0.15, 0.2) is 35.1 Å². The van der Waals surface area contributed by atoms with Gasteiger partial charge in [-0.3, -0.25) is 4.37 Å². The summed E-state index contributed by atoms with van der Waals surface area (Å²) in [7, 11) is 0. The molecule has 72 valence electrons. The second kappa shape index (κ2) is 4.06. The molecular formula is C9H9N3OS. The van der Waals surface area contributed by atoms with Gasteiger partial charge in [0, 0.05) is 6.54 Å². The van der Waals surface area contributed by atoms with Crippen molar-refractivity contribution in [3.63, 3.8) is 0 Å². The molecule has 0 amide bonds. The summed E-state index contributed by atoms with van der Waals surface area (Å²) in [5.74, 6) is 0. The average Bonchev–Trinajstić information content (AvgIpc) is 2.63. The smallest absolute Gasteiger partial charge is 0.356 e. The summed E-state index contributed by atoms with van der Waals surface area (Å²) in [6.45, 7) is 0.682. The van der Waals surface area contributed by atoms with Crippen molar-refractivity contribution >= 4 is 16.7 Å². The molecular weight excluding hydrogens is 198 g/mol. The number of aromatic amines is 1. The number of nitrogens with zero attached hydrogens (tertiary/aromatic N) is 1. The molecule has 4 nitrogen and oxygen atoms in total. The monoisotopic (exact) mass is 207 g/mol. The number of anilines is 1. The normalized spacial score (nSPS) is 10.0. The minimum atomic E-state index is -0.300. The molecule has 0 spiro atoms. The molecule has 14 heavy (non-hydrogen) atoms. The lowest BCUT2D eigenvalue weighted by molar-refractivity contribution is 1.11. The van der Waals surface area contributed by atoms with Gasteiger partial charge in [0.05, 0.1) is 0 Å². The summed E-state index contributed by atoms with van der Waals surface area (Å²) in [6, 6.07) is 9.95. The van der Waals surface area contributed by atoms with E-state index in [9.17, 15) is 4.79 Å². The molecule has 0 aliphatic heterocycles. The zero-order valence-corrected chi connectivity index (χ0v) is 8.17. The first-order chi connectivity index (χ1) is 6.84. The molecule has 0 aliphatic rings. The third-order valence-corrected chi connectivity index (χ3v) is 2.43. The van der Waals surface area contributed by atoms with Gasteiger partial charge in [-0.25, -0.2) is 4.79 Å². The van der Waals surface area contributed by atoms with Crippen molar-refractivity contribution in [2.24, 2.45) is 0 Å². The highest BCUT2D eigenvalue weighted by molar-refractivity contribution is 7.09. The van der Waals surface area contributed by atoms with Gasteiger partial charge in [-0.05, 0) is 17.1 Å². The molecule has 2 aromatic rings. The fourth-order valence-corrected chi connectivity index (χ4v) is 1.58. The highest BCUT2D eigenvalue weighted by atomic mass is 32.1. The molecule has 1 aromatic carbocycles. The Bertz CT molecular complexity index is 448. The Kier molecular flexibility index (Phi) is 2.60. The van der Waals surface area contributed by atoms with Crippen LogP contribution in [0, 0.1) is 0 Å². The van der Waals surface area contributed by atoms with Crippen LogP contribution >= 0.6 is 11.5 Å². The molecule has 1 heterocycles. The lowest BCUT2D eigenvalue weighted by atomic mass is 10.2. The molecule has 0 aliphatic carbocycles. The Morgan fingerprint density at radius 2 is 2.14 bits per heavy atom. The first-order valence-corrected chi connectivity index (χ1v) is 4.99. The first kappa shape index (κ1) is 8.96. The van der Waals surface area contributed by atoms with Gasteiger partial charge in [0.1, 0.15) is 0 Å². The standard InChI is InChI=1S/C9H9N3OS/c13-8-11-9(14-12-8)10-6-7-4-2-1-3-5-7/h1-5H,6H2,(H2,10,11,12,13). The molecule has 0 saturated heterocycles. The van der Waals surface area contributed by atoms with E-state index in [0.717, 1.165) is 5.56 Å². The fourth-order valence-electron chi connectivity index (χ4n) is 1.08. The first-order valence-electron chi connectivity index (χ1n) is 4.18. The van der Waals surface area contributed by atoms with Gasteiger partial charge in [0.2, 0.25) is 5.13 Å². The number of aromatic nitrogens is 2. The third-order valence-electron chi connectivity index (χ3n) is 1.72. The Hall–Kier alpha value is -1.62. The van der Waals surface area contributed by atoms with E-state index in [1.165, 1.54) is 11.5 Å². The lowest BCUT2D eigenvalue weighted by Crippen LogP contribution is -2.03. The van der Waals surface area contributed by atoms with Crippen molar-refractivity contribution in [1.29, 1.82) is 0 Å². The van der Waals surface area contributed by atoms with Gasteiger partial charge < -0.3 is 5.32 Å². The lowest BCUT2D eigenvalue weighted by Gasteiger charge is -2.00. The van der Waals surface area contributed by atoms with Gasteiger partial charge in [-0.2, -0.15) is 4.98 Å². The average molecular weight is 207 g/mol. The molecule has 0 unspecified atom stereocenters. The van der Waals surface area contributed by atoms with Crippen LogP contribution in [0.1, 0.15) is 5.56 Å². The zero-order valence-electron chi connectivity index (χ0n) is 7.36. The highest BCUT2D eigenvalue weighted by Crippen LogP contribution is 2.07. The van der Waals surface area contributed by atoms with Crippen LogP contribution in [0.2, 0.25) is 0 Å². The minimum absolute atomic E-state index is 0.300. The van der Waals surface area contributed by atoms with E-state index in [4.69, 9.17) is 0 Å². The van der Waals surface area contributed by atoms with Gasteiger partial charge in [0.25, 0.3) is 0 Å². The van der Waals surface area contributed by atoms with Crippen LogP contribution in [0.5, 0.6) is 0 Å². The summed E-state index contributed by atoms with van der Waals surface area (Å²) in [5.41, 5.74) is 0.862. The minimum Gasteiger partial charge on any atom is -0.356 e. The molecule has 0 atom stereocenters. The van der Waals surface area contributed by atoms with Crippen LogP contribution in [-0.2, 0) is 6.54 Å². The summed E-state index contributed by atoms with van der Waals surface area (Å²) >= 11 is 1.21. The van der Waals surface area contributed by atoms with E-state index in [-0.39, 0.29) is 5.69 Å². The van der Waals surface area contributed by atoms with Crippen LogP contribution in [0.25, 0.3) is 0 Å². The largest absolute Gasteiger partial charge is 0.357 e. The van der Waals surface area contributed by atoms with Gasteiger partial charge in [0.15, 0.2) is 0 Å². The molecule has 2 N–H and O–H groups in total. The summed E-state index contributed by atoms with van der Waals surface area (Å²) in [6.07, 6.45) is 0. The van der Waals surface area contributed by atoms with Crippen LogP contribution < -0.4 is 11.0 Å².